The van der Waals surface area contributed by atoms with E-state index in [2.05, 4.69) is 0 Å². The van der Waals surface area contributed by atoms with Crippen LogP contribution in [-0.2, 0) is 57.1 Å². The summed E-state index contributed by atoms with van der Waals surface area (Å²) in [5.41, 5.74) is -3.65. The molecule has 13 heteroatoms. The molecule has 12 nitrogen and oxygen atoms in total. The average Bonchev–Trinajstić information content (AvgIpc) is 3.21. The summed E-state index contributed by atoms with van der Waals surface area (Å²) in [7, 11) is 0. The molecule has 262 valence electrons. The Bertz CT molecular complexity index is 971. The number of alkyl halides is 1. The number of rotatable bonds is 15. The molecule has 0 saturated carbocycles. The van der Waals surface area contributed by atoms with Crippen molar-refractivity contribution < 1.29 is 57.1 Å². The first-order valence-electron chi connectivity index (χ1n) is 15.3. The molecule has 0 unspecified atom stereocenters. The van der Waals surface area contributed by atoms with E-state index in [-0.39, 0.29) is 13.2 Å². The maximum absolute atomic E-state index is 13.2. The summed E-state index contributed by atoms with van der Waals surface area (Å²) in [6, 6.07) is 0. The largest absolute Gasteiger partial charge is 0.461 e. The summed E-state index contributed by atoms with van der Waals surface area (Å²) in [6.07, 6.45) is -6.27. The fourth-order valence-corrected chi connectivity index (χ4v) is 3.54. The zero-order valence-electron chi connectivity index (χ0n) is 29.1. The maximum Gasteiger partial charge on any atom is 0.311 e. The van der Waals surface area contributed by atoms with Crippen molar-refractivity contribution in [2.45, 2.75) is 114 Å². The zero-order valence-corrected chi connectivity index (χ0v) is 29.9. The monoisotopic (exact) mass is 666 g/mol. The molecular formula is C32H55ClO12. The second-order valence-corrected chi connectivity index (χ2v) is 15.4. The smallest absolute Gasteiger partial charge is 0.311 e. The van der Waals surface area contributed by atoms with Crippen molar-refractivity contribution in [3.63, 3.8) is 0 Å². The molecule has 1 heterocycles. The van der Waals surface area contributed by atoms with Crippen LogP contribution in [-0.4, -0.2) is 100 Å². The van der Waals surface area contributed by atoms with Gasteiger partial charge in [-0.25, -0.2) is 0 Å². The molecule has 0 aromatic carbocycles. The Labute approximate surface area is 273 Å². The zero-order chi connectivity index (χ0) is 34.8. The summed E-state index contributed by atoms with van der Waals surface area (Å²) in [5.74, 6) is -2.00. The summed E-state index contributed by atoms with van der Waals surface area (Å²) in [5, 5.41) is 0. The number of hydrogen-bond acceptors (Lipinski definition) is 12. The van der Waals surface area contributed by atoms with Crippen molar-refractivity contribution in [1.29, 1.82) is 0 Å². The lowest BCUT2D eigenvalue weighted by atomic mass is 9.95. The quantitative estimate of drug-likeness (QED) is 0.105. The van der Waals surface area contributed by atoms with Crippen molar-refractivity contribution in [1.82, 2.24) is 0 Å². The van der Waals surface area contributed by atoms with Crippen LogP contribution in [0.4, 0.5) is 0 Å². The van der Waals surface area contributed by atoms with Crippen LogP contribution in [0, 0.1) is 21.7 Å². The number of esters is 4. The van der Waals surface area contributed by atoms with Gasteiger partial charge in [0.2, 0.25) is 0 Å². The Morgan fingerprint density at radius 3 is 1.53 bits per heavy atom. The van der Waals surface area contributed by atoms with Crippen molar-refractivity contribution in [2.75, 3.05) is 45.5 Å². The molecule has 0 N–H and O–H groups in total. The summed E-state index contributed by atoms with van der Waals surface area (Å²) < 4.78 is 46.2. The van der Waals surface area contributed by atoms with Crippen LogP contribution in [0.25, 0.3) is 0 Å². The molecule has 0 aliphatic carbocycles. The predicted octanol–water partition coefficient (Wildman–Crippen LogP) is 4.46. The fourth-order valence-electron chi connectivity index (χ4n) is 3.43. The molecule has 1 saturated heterocycles. The van der Waals surface area contributed by atoms with Gasteiger partial charge in [0, 0.05) is 5.88 Å². The third kappa shape index (κ3) is 14.1. The van der Waals surface area contributed by atoms with E-state index in [0.717, 1.165) is 0 Å². The van der Waals surface area contributed by atoms with E-state index in [0.29, 0.717) is 25.7 Å². The van der Waals surface area contributed by atoms with Crippen LogP contribution < -0.4 is 0 Å². The molecule has 0 bridgehead atoms. The first-order valence-corrected chi connectivity index (χ1v) is 15.8. The summed E-state index contributed by atoms with van der Waals surface area (Å²) in [4.78, 5) is 52.2. The molecule has 1 aliphatic rings. The molecule has 0 aromatic heterocycles. The Morgan fingerprint density at radius 2 is 1.07 bits per heavy atom. The Morgan fingerprint density at radius 1 is 0.622 bits per heavy atom. The van der Waals surface area contributed by atoms with Gasteiger partial charge in [-0.05, 0) is 83.1 Å². The van der Waals surface area contributed by atoms with Gasteiger partial charge in [-0.3, -0.25) is 19.2 Å². The van der Waals surface area contributed by atoms with Gasteiger partial charge in [-0.2, -0.15) is 0 Å². The highest BCUT2D eigenvalue weighted by Crippen LogP contribution is 2.35. The lowest BCUT2D eigenvalue weighted by Gasteiger charge is -2.32. The lowest BCUT2D eigenvalue weighted by molar-refractivity contribution is -0.208. The summed E-state index contributed by atoms with van der Waals surface area (Å²) >= 11 is 5.60. The minimum Gasteiger partial charge on any atom is -0.461 e. The highest BCUT2D eigenvalue weighted by molar-refractivity contribution is 6.17. The van der Waals surface area contributed by atoms with Crippen LogP contribution in [0.1, 0.15) is 83.1 Å². The highest BCUT2D eigenvalue weighted by atomic mass is 35.5. The second-order valence-electron chi connectivity index (χ2n) is 15.0. The molecule has 0 spiro atoms. The molecule has 0 radical (unpaired) electrons. The van der Waals surface area contributed by atoms with E-state index in [4.69, 9.17) is 49.5 Å². The molecule has 0 aromatic rings. The van der Waals surface area contributed by atoms with Gasteiger partial charge >= 0.3 is 23.9 Å². The average molecular weight is 667 g/mol. The number of carbonyl (C=O) groups is 4. The molecule has 1 rings (SSSR count). The topological polar surface area (TPSA) is 142 Å². The first kappa shape index (κ1) is 41.0. The fraction of sp³-hybridized carbons (Fsp3) is 0.875. The van der Waals surface area contributed by atoms with Gasteiger partial charge < -0.3 is 37.9 Å². The Kier molecular flexibility index (Phi) is 15.7. The van der Waals surface area contributed by atoms with Crippen LogP contribution in [0.5, 0.6) is 0 Å². The standard InChI is InChI=1S/C32H55ClO12/c1-29(2,3)25(34)41-19-20(42-26(35)30(4,5)6)21-22(44-27(36)31(7,8)9)23(45-28(37)32(10,11)12)24(43-21)40-18-17-39-16-15-38-14-13-33/h20-24H,13-19H2,1-12H3/t20-,21+,22+,23-,24-/m1/s1. The van der Waals surface area contributed by atoms with Crippen LogP contribution in [0.2, 0.25) is 0 Å². The number of halogens is 1. The van der Waals surface area contributed by atoms with E-state index >= 15 is 0 Å². The van der Waals surface area contributed by atoms with Crippen molar-refractivity contribution in [3.05, 3.63) is 0 Å². The first-order chi connectivity index (χ1) is 20.5. The van der Waals surface area contributed by atoms with Gasteiger partial charge in [-0.15, -0.1) is 11.6 Å². The molecule has 0 amide bonds. The van der Waals surface area contributed by atoms with Crippen LogP contribution in [0.3, 0.4) is 0 Å². The van der Waals surface area contributed by atoms with E-state index < -0.39 is 82.8 Å². The maximum atomic E-state index is 13.2. The van der Waals surface area contributed by atoms with Gasteiger partial charge in [0.05, 0.1) is 54.7 Å². The second kappa shape index (κ2) is 17.2. The SMILES string of the molecule is CC(C)(C)C(=O)OC[C@@H](OC(=O)C(C)(C)C)[C@@H]1O[C@@H](OCCOCCOCCCl)[C@H](OC(=O)C(C)(C)C)[C@H]1OC(=O)C(C)(C)C. The molecule has 45 heavy (non-hydrogen) atoms. The highest BCUT2D eigenvalue weighted by Gasteiger charge is 2.56. The van der Waals surface area contributed by atoms with Gasteiger partial charge in [0.15, 0.2) is 24.6 Å². The van der Waals surface area contributed by atoms with Crippen LogP contribution in [0.15, 0.2) is 0 Å². The number of hydrogen-bond donors (Lipinski definition) is 0. The normalized spacial score (nSPS) is 21.6. The van der Waals surface area contributed by atoms with E-state index in [1.807, 2.05) is 0 Å². The Balaban J connectivity index is 3.46. The van der Waals surface area contributed by atoms with Crippen LogP contribution >= 0.6 is 11.6 Å². The van der Waals surface area contributed by atoms with Gasteiger partial charge in [0.1, 0.15) is 12.7 Å². The molecule has 5 atom stereocenters. The number of ether oxygens (including phenoxy) is 8. The predicted molar refractivity (Wildman–Crippen MR) is 165 cm³/mol. The third-order valence-electron chi connectivity index (χ3n) is 6.25. The van der Waals surface area contributed by atoms with Crippen molar-refractivity contribution in [2.24, 2.45) is 21.7 Å². The van der Waals surface area contributed by atoms with Crippen molar-refractivity contribution in [3.8, 4) is 0 Å². The summed E-state index contributed by atoms with van der Waals surface area (Å²) in [6.45, 7) is 20.9. The molecule has 1 aliphatic heterocycles. The van der Waals surface area contributed by atoms with Gasteiger partial charge in [0.25, 0.3) is 0 Å². The van der Waals surface area contributed by atoms with E-state index in [1.54, 1.807) is 83.1 Å². The molecule has 1 fully saturated rings. The minimum atomic E-state index is -1.29. The van der Waals surface area contributed by atoms with Crippen molar-refractivity contribution >= 4 is 35.5 Å². The number of carbonyl (C=O) groups excluding carboxylic acids is 4. The third-order valence-corrected chi connectivity index (χ3v) is 6.40. The van der Waals surface area contributed by atoms with Gasteiger partial charge in [-0.1, -0.05) is 0 Å². The molecular weight excluding hydrogens is 612 g/mol. The van der Waals surface area contributed by atoms with E-state index in [1.165, 1.54) is 0 Å². The minimum absolute atomic E-state index is 0.0157. The Hall–Kier alpha value is -1.99. The van der Waals surface area contributed by atoms with E-state index in [9.17, 15) is 19.2 Å². The lowest BCUT2D eigenvalue weighted by Crippen LogP contribution is -2.50.